The van der Waals surface area contributed by atoms with Gasteiger partial charge in [0.15, 0.2) is 0 Å². The Bertz CT molecular complexity index is 867. The molecule has 0 aromatic rings. The summed E-state index contributed by atoms with van der Waals surface area (Å²) < 4.78 is 0. The zero-order valence-corrected chi connectivity index (χ0v) is 12.5. The van der Waals surface area contributed by atoms with Crippen LogP contribution >= 0.6 is 0 Å². The van der Waals surface area contributed by atoms with Gasteiger partial charge in [-0.1, -0.05) is 18.6 Å². The van der Waals surface area contributed by atoms with Crippen molar-refractivity contribution in [3.05, 3.63) is 11.6 Å². The van der Waals surface area contributed by atoms with Crippen molar-refractivity contribution in [2.75, 3.05) is 0 Å². The molecule has 0 aromatic heterocycles. The summed E-state index contributed by atoms with van der Waals surface area (Å²) in [6.45, 7) is 2.88. The minimum Gasteiger partial charge on any atom is -0.0804 e. The first kappa shape index (κ1) is 8.55. The number of allylic oxidation sites excluding steroid dienone is 2. The van der Waals surface area contributed by atoms with Crippen LogP contribution in [0.2, 0.25) is 0 Å². The highest BCUT2D eigenvalue weighted by Crippen LogP contribution is 3.22. The molecular formula is C21H20. The largest absolute Gasteiger partial charge is 0.0804 e. The van der Waals surface area contributed by atoms with Crippen molar-refractivity contribution in [3.8, 4) is 0 Å². The fraction of sp³-hybridized carbons (Fsp3) is 0.905. The van der Waals surface area contributed by atoms with Crippen LogP contribution < -0.4 is 0 Å². The van der Waals surface area contributed by atoms with Crippen molar-refractivity contribution >= 4 is 0 Å². The molecule has 4 spiro atoms. The molecule has 15 atom stereocenters. The molecule has 0 aliphatic heterocycles. The molecule has 10 fully saturated rings. The van der Waals surface area contributed by atoms with Gasteiger partial charge in [-0.3, -0.25) is 0 Å². The maximum absolute atomic E-state index is 2.88. The Hall–Kier alpha value is -0.260. The second kappa shape index (κ2) is 1.56. The molecule has 0 aromatic carbocycles. The van der Waals surface area contributed by atoms with Crippen LogP contribution in [0.1, 0.15) is 26.2 Å². The predicted molar refractivity (Wildman–Crippen MR) is 74.7 cm³/mol. The zero-order chi connectivity index (χ0) is 12.7. The molecule has 0 nitrogen and oxygen atoms in total. The number of fused-ring (bicyclic) bond motifs is 7. The summed E-state index contributed by atoms with van der Waals surface area (Å²) in [5.41, 5.74) is 6.72. The van der Waals surface area contributed by atoms with Crippen LogP contribution in [0, 0.1) is 86.3 Å². The molecule has 0 bridgehead atoms. The monoisotopic (exact) mass is 272 g/mol. The van der Waals surface area contributed by atoms with Gasteiger partial charge in [-0.15, -0.1) is 0 Å². The van der Waals surface area contributed by atoms with E-state index in [0.717, 1.165) is 33.0 Å². The zero-order valence-electron chi connectivity index (χ0n) is 12.5. The summed E-state index contributed by atoms with van der Waals surface area (Å²) in [6, 6.07) is 0. The molecule has 11 aliphatic rings. The van der Waals surface area contributed by atoms with Gasteiger partial charge >= 0.3 is 0 Å². The van der Waals surface area contributed by atoms with Gasteiger partial charge in [-0.05, 0) is 100 Å². The first-order chi connectivity index (χ1) is 10.3. The van der Waals surface area contributed by atoms with E-state index >= 15 is 0 Å². The second-order valence-corrected chi connectivity index (χ2v) is 11.8. The predicted octanol–water partition coefficient (Wildman–Crippen LogP) is 3.35. The minimum atomic E-state index is 0.893. The molecule has 104 valence electrons. The Labute approximate surface area is 124 Å². The number of hydrogen-bond donors (Lipinski definition) is 0. The third-order valence-corrected chi connectivity index (χ3v) is 14.2. The number of rotatable bonds is 0. The topological polar surface area (TPSA) is 0 Å². The summed E-state index contributed by atoms with van der Waals surface area (Å²) >= 11 is 0. The van der Waals surface area contributed by atoms with Gasteiger partial charge < -0.3 is 0 Å². The van der Waals surface area contributed by atoms with Crippen LogP contribution in [0.25, 0.3) is 0 Å². The van der Waals surface area contributed by atoms with Crippen LogP contribution in [0.3, 0.4) is 0 Å². The van der Waals surface area contributed by atoms with Crippen LogP contribution in [-0.2, 0) is 0 Å². The molecule has 11 aliphatic carbocycles. The first-order valence-corrected chi connectivity index (χ1v) is 9.99. The van der Waals surface area contributed by atoms with E-state index < -0.39 is 0 Å². The maximum Gasteiger partial charge on any atom is 0.00798 e. The van der Waals surface area contributed by atoms with E-state index in [9.17, 15) is 0 Å². The van der Waals surface area contributed by atoms with E-state index in [0.29, 0.717) is 0 Å². The first-order valence-electron chi connectivity index (χ1n) is 9.99. The van der Waals surface area contributed by atoms with E-state index in [4.69, 9.17) is 0 Å². The fourth-order valence-corrected chi connectivity index (χ4v) is 15.6. The molecular weight excluding hydrogens is 252 g/mol. The third kappa shape index (κ3) is 0.292. The highest BCUT2D eigenvalue weighted by atomic mass is 15.2. The van der Waals surface area contributed by atoms with Crippen LogP contribution in [0.4, 0.5) is 0 Å². The summed E-state index contributed by atoms with van der Waals surface area (Å²) in [5.74, 6) is 12.4. The van der Waals surface area contributed by atoms with E-state index in [2.05, 4.69) is 13.0 Å². The van der Waals surface area contributed by atoms with Gasteiger partial charge in [0, 0.05) is 5.41 Å². The van der Waals surface area contributed by atoms with Gasteiger partial charge in [0.1, 0.15) is 0 Å². The lowest BCUT2D eigenvalue weighted by atomic mass is 8.93. The van der Waals surface area contributed by atoms with Crippen molar-refractivity contribution < 1.29 is 0 Å². The summed E-state index contributed by atoms with van der Waals surface area (Å²) in [4.78, 5) is 0. The molecule has 0 heteroatoms. The smallest absolute Gasteiger partial charge is 0.00798 e. The minimum absolute atomic E-state index is 0.893. The molecule has 21 heavy (non-hydrogen) atoms. The van der Waals surface area contributed by atoms with E-state index in [-0.39, 0.29) is 0 Å². The van der Waals surface area contributed by atoms with Crippen molar-refractivity contribution in [2.45, 2.75) is 26.2 Å². The van der Waals surface area contributed by atoms with Crippen molar-refractivity contribution in [1.82, 2.24) is 0 Å². The Morgan fingerprint density at radius 2 is 1.67 bits per heavy atom. The molecule has 0 amide bonds. The fourth-order valence-electron chi connectivity index (χ4n) is 15.6. The Kier molecular flexibility index (Phi) is 0.634. The quantitative estimate of drug-likeness (QED) is 0.593. The van der Waals surface area contributed by atoms with Crippen LogP contribution in [0.5, 0.6) is 0 Å². The second-order valence-electron chi connectivity index (χ2n) is 11.8. The lowest BCUT2D eigenvalue weighted by Gasteiger charge is -3.10. The van der Waals surface area contributed by atoms with Gasteiger partial charge in [0.2, 0.25) is 0 Å². The highest BCUT2D eigenvalue weighted by Gasteiger charge is 3.19. The molecule has 10 saturated carbocycles. The van der Waals surface area contributed by atoms with Crippen LogP contribution in [0.15, 0.2) is 11.6 Å². The molecule has 11 rings (SSSR count). The third-order valence-electron chi connectivity index (χ3n) is 14.2. The van der Waals surface area contributed by atoms with Crippen LogP contribution in [-0.4, -0.2) is 0 Å². The normalized spacial score (nSPS) is 103. The van der Waals surface area contributed by atoms with E-state index in [1.807, 2.05) is 5.57 Å². The van der Waals surface area contributed by atoms with Crippen molar-refractivity contribution in [3.63, 3.8) is 0 Å². The van der Waals surface area contributed by atoms with Crippen molar-refractivity contribution in [2.24, 2.45) is 86.3 Å². The highest BCUT2D eigenvalue weighted by molar-refractivity contribution is 5.71. The number of hydrogen-bond acceptors (Lipinski definition) is 0. The Morgan fingerprint density at radius 1 is 0.905 bits per heavy atom. The van der Waals surface area contributed by atoms with Gasteiger partial charge in [0.05, 0.1) is 0 Å². The summed E-state index contributed by atoms with van der Waals surface area (Å²) in [6.07, 6.45) is 7.75. The lowest BCUT2D eigenvalue weighted by Crippen LogP contribution is -3.07. The Morgan fingerprint density at radius 3 is 2.43 bits per heavy atom. The van der Waals surface area contributed by atoms with Gasteiger partial charge in [-0.2, -0.15) is 0 Å². The molecule has 0 radical (unpaired) electrons. The van der Waals surface area contributed by atoms with Gasteiger partial charge in [0.25, 0.3) is 0 Å². The average Bonchev–Trinajstić information content (AvgIpc) is 2.44. The maximum atomic E-state index is 2.88. The summed E-state index contributed by atoms with van der Waals surface area (Å²) in [7, 11) is 0. The molecule has 0 saturated heterocycles. The standard InChI is InChI=1S/C21H20/c1-17-16-14-10-4-6-2-8-12(20(14,17)18(6,8)10)13-9-3-7-5-11-15(16)21(13,17)19(7,9)11/h2,7-16H,3-5H2,1H3. The van der Waals surface area contributed by atoms with E-state index in [1.54, 1.807) is 19.3 Å². The molecule has 15 unspecified atom stereocenters. The van der Waals surface area contributed by atoms with Crippen molar-refractivity contribution in [1.29, 1.82) is 0 Å². The Balaban J connectivity index is 1.34. The van der Waals surface area contributed by atoms with E-state index in [1.165, 1.54) is 53.3 Å². The molecule has 0 N–H and O–H groups in total. The van der Waals surface area contributed by atoms with Gasteiger partial charge in [-0.25, -0.2) is 0 Å². The average molecular weight is 272 g/mol. The SMILES string of the molecule is CC12C3C4C5CC6=CC7C(C8C9CC%10CC%11C3C81C%10%119)C42C675. The molecule has 0 heterocycles. The lowest BCUT2D eigenvalue weighted by molar-refractivity contribution is -0.631. The summed E-state index contributed by atoms with van der Waals surface area (Å²) in [5, 5.41) is 0.